The van der Waals surface area contributed by atoms with Crippen LogP contribution in [0.5, 0.6) is 0 Å². The highest BCUT2D eigenvalue weighted by atomic mass is 16.1. The lowest BCUT2D eigenvalue weighted by Crippen LogP contribution is -2.45. The van der Waals surface area contributed by atoms with Crippen molar-refractivity contribution in [2.75, 3.05) is 18.0 Å². The van der Waals surface area contributed by atoms with E-state index in [9.17, 15) is 4.79 Å². The number of amides is 1. The fraction of sp³-hybridized carbons (Fsp3) is 0.348. The zero-order valence-corrected chi connectivity index (χ0v) is 16.3. The van der Waals surface area contributed by atoms with Crippen LogP contribution in [0.2, 0.25) is 0 Å². The molecule has 3 aromatic rings. The van der Waals surface area contributed by atoms with E-state index in [-0.39, 0.29) is 11.9 Å². The van der Waals surface area contributed by atoms with E-state index >= 15 is 0 Å². The van der Waals surface area contributed by atoms with E-state index in [4.69, 9.17) is 0 Å². The molecule has 1 amide bonds. The first-order valence-electron chi connectivity index (χ1n) is 10.0. The summed E-state index contributed by atoms with van der Waals surface area (Å²) in [5.74, 6) is 1.09. The topological polar surface area (TPSA) is 58.1 Å². The maximum absolute atomic E-state index is 12.6. The van der Waals surface area contributed by atoms with Crippen molar-refractivity contribution in [2.45, 2.75) is 38.6 Å². The Morgan fingerprint density at radius 1 is 1.11 bits per heavy atom. The van der Waals surface area contributed by atoms with E-state index in [0.717, 1.165) is 54.8 Å². The summed E-state index contributed by atoms with van der Waals surface area (Å²) in [5, 5.41) is 5.56. The Kier molecular flexibility index (Phi) is 5.51. The molecule has 1 fully saturated rings. The number of nitrogens with zero attached hydrogens (tertiary/aromatic N) is 3. The van der Waals surface area contributed by atoms with Gasteiger partial charge in [0, 0.05) is 30.9 Å². The molecule has 1 aliphatic rings. The van der Waals surface area contributed by atoms with Crippen molar-refractivity contribution in [3.63, 3.8) is 0 Å². The smallest absolute Gasteiger partial charge is 0.224 e. The lowest BCUT2D eigenvalue weighted by molar-refractivity contribution is -0.121. The highest BCUT2D eigenvalue weighted by molar-refractivity contribution is 5.90. The van der Waals surface area contributed by atoms with Gasteiger partial charge in [0.05, 0.1) is 6.42 Å². The van der Waals surface area contributed by atoms with Crippen LogP contribution in [0.15, 0.2) is 54.9 Å². The summed E-state index contributed by atoms with van der Waals surface area (Å²) in [7, 11) is 0. The van der Waals surface area contributed by atoms with Crippen molar-refractivity contribution in [1.82, 2.24) is 15.3 Å². The first-order valence-corrected chi connectivity index (χ1v) is 10.0. The molecule has 1 saturated heterocycles. The Morgan fingerprint density at radius 3 is 2.71 bits per heavy atom. The van der Waals surface area contributed by atoms with Crippen LogP contribution in [0, 0.1) is 0 Å². The van der Waals surface area contributed by atoms with Crippen molar-refractivity contribution in [3.8, 4) is 0 Å². The monoisotopic (exact) mass is 374 g/mol. The van der Waals surface area contributed by atoms with E-state index < -0.39 is 0 Å². The molecule has 0 aliphatic carbocycles. The van der Waals surface area contributed by atoms with Gasteiger partial charge in [0.1, 0.15) is 12.1 Å². The lowest BCUT2D eigenvalue weighted by atomic mass is 10.0. The molecule has 5 nitrogen and oxygen atoms in total. The minimum atomic E-state index is 0.102. The van der Waals surface area contributed by atoms with Gasteiger partial charge in [-0.05, 0) is 35.6 Å². The predicted molar refractivity (Wildman–Crippen MR) is 112 cm³/mol. The molecule has 2 heterocycles. The van der Waals surface area contributed by atoms with E-state index in [1.54, 1.807) is 6.33 Å². The van der Waals surface area contributed by atoms with E-state index in [0.29, 0.717) is 6.42 Å². The van der Waals surface area contributed by atoms with Gasteiger partial charge >= 0.3 is 0 Å². The summed E-state index contributed by atoms with van der Waals surface area (Å²) in [6.45, 7) is 3.91. The summed E-state index contributed by atoms with van der Waals surface area (Å²) in [6, 6.07) is 16.7. The summed E-state index contributed by atoms with van der Waals surface area (Å²) < 4.78 is 0. The molecule has 0 bridgehead atoms. The Labute approximate surface area is 165 Å². The first kappa shape index (κ1) is 18.4. The van der Waals surface area contributed by atoms with Crippen LogP contribution < -0.4 is 10.2 Å². The maximum atomic E-state index is 12.6. The summed E-state index contributed by atoms with van der Waals surface area (Å²) in [4.78, 5) is 23.6. The average Bonchev–Trinajstić information content (AvgIpc) is 2.74. The van der Waals surface area contributed by atoms with Crippen molar-refractivity contribution >= 4 is 22.5 Å². The molecule has 0 unspecified atom stereocenters. The van der Waals surface area contributed by atoms with Crippen LogP contribution in [0.4, 0.5) is 5.82 Å². The molecule has 0 saturated carbocycles. The second kappa shape index (κ2) is 8.38. The highest BCUT2D eigenvalue weighted by Gasteiger charge is 2.22. The number of benzene rings is 2. The number of aryl methyl sites for hydroxylation is 1. The number of fused-ring (bicyclic) bond motifs is 1. The van der Waals surface area contributed by atoms with Gasteiger partial charge in [-0.25, -0.2) is 9.97 Å². The van der Waals surface area contributed by atoms with Gasteiger partial charge in [0.2, 0.25) is 5.91 Å². The Morgan fingerprint density at radius 2 is 1.89 bits per heavy atom. The number of nitrogens with one attached hydrogen (secondary N) is 1. The zero-order chi connectivity index (χ0) is 19.3. The number of hydrogen-bond donors (Lipinski definition) is 1. The molecule has 1 aromatic heterocycles. The third-order valence-electron chi connectivity index (χ3n) is 5.49. The number of anilines is 1. The van der Waals surface area contributed by atoms with Gasteiger partial charge in [-0.1, -0.05) is 49.4 Å². The molecule has 1 aliphatic heterocycles. The van der Waals surface area contributed by atoms with Crippen molar-refractivity contribution in [1.29, 1.82) is 0 Å². The van der Waals surface area contributed by atoms with Crippen LogP contribution in [0.25, 0.3) is 10.8 Å². The molecule has 2 aromatic carbocycles. The number of rotatable bonds is 5. The quantitative estimate of drug-likeness (QED) is 0.742. The van der Waals surface area contributed by atoms with Gasteiger partial charge in [0.15, 0.2) is 0 Å². The fourth-order valence-corrected chi connectivity index (χ4v) is 3.90. The molecular weight excluding hydrogens is 348 g/mol. The van der Waals surface area contributed by atoms with Crippen LogP contribution >= 0.6 is 0 Å². The van der Waals surface area contributed by atoms with Crippen LogP contribution in [0.3, 0.4) is 0 Å². The number of hydrogen-bond acceptors (Lipinski definition) is 4. The Hall–Kier alpha value is -2.95. The van der Waals surface area contributed by atoms with Gasteiger partial charge in [-0.15, -0.1) is 0 Å². The third kappa shape index (κ3) is 4.14. The zero-order valence-electron chi connectivity index (χ0n) is 16.3. The van der Waals surface area contributed by atoms with E-state index in [1.165, 1.54) is 5.39 Å². The molecule has 28 heavy (non-hydrogen) atoms. The molecule has 0 atom stereocenters. The second-order valence-electron chi connectivity index (χ2n) is 7.36. The van der Waals surface area contributed by atoms with E-state index in [2.05, 4.69) is 51.4 Å². The van der Waals surface area contributed by atoms with Crippen LogP contribution in [-0.4, -0.2) is 35.0 Å². The maximum Gasteiger partial charge on any atom is 0.224 e. The number of aromatic nitrogens is 2. The van der Waals surface area contributed by atoms with Crippen LogP contribution in [0.1, 0.15) is 31.0 Å². The van der Waals surface area contributed by atoms with Gasteiger partial charge < -0.3 is 10.2 Å². The number of carbonyl (C=O) groups is 1. The predicted octanol–water partition coefficient (Wildman–Crippen LogP) is 3.52. The number of carbonyl (C=O) groups excluding carboxylic acids is 1. The largest absolute Gasteiger partial charge is 0.356 e. The van der Waals surface area contributed by atoms with Gasteiger partial charge in [-0.2, -0.15) is 0 Å². The first-order chi connectivity index (χ1) is 13.7. The average molecular weight is 374 g/mol. The van der Waals surface area contributed by atoms with E-state index in [1.807, 2.05) is 24.3 Å². The van der Waals surface area contributed by atoms with Crippen molar-refractivity contribution < 1.29 is 4.79 Å². The fourth-order valence-electron chi connectivity index (χ4n) is 3.90. The Bertz CT molecular complexity index is 958. The summed E-state index contributed by atoms with van der Waals surface area (Å²) in [5.41, 5.74) is 2.15. The minimum absolute atomic E-state index is 0.102. The van der Waals surface area contributed by atoms with Crippen molar-refractivity contribution in [2.24, 2.45) is 0 Å². The highest BCUT2D eigenvalue weighted by Crippen LogP contribution is 2.20. The summed E-state index contributed by atoms with van der Waals surface area (Å²) >= 11 is 0. The second-order valence-corrected chi connectivity index (χ2v) is 7.36. The molecule has 4 rings (SSSR count). The normalized spacial score (nSPS) is 15.0. The minimum Gasteiger partial charge on any atom is -0.356 e. The molecular formula is C23H26N4O. The SMILES string of the molecule is CCc1cc(N2CCC(NC(=O)Cc3cccc4ccccc34)CC2)ncn1. The van der Waals surface area contributed by atoms with Crippen molar-refractivity contribution in [3.05, 3.63) is 66.1 Å². The van der Waals surface area contributed by atoms with Crippen LogP contribution in [-0.2, 0) is 17.6 Å². The van der Waals surface area contributed by atoms with Gasteiger partial charge in [-0.3, -0.25) is 4.79 Å². The Balaban J connectivity index is 1.33. The standard InChI is InChI=1S/C23H26N4O/c1-2-19-15-22(25-16-24-19)27-12-10-20(11-13-27)26-23(28)14-18-8-5-7-17-6-3-4-9-21(17)18/h3-9,15-16,20H,2,10-14H2,1H3,(H,26,28). The molecule has 0 spiro atoms. The van der Waals surface area contributed by atoms with Gasteiger partial charge in [0.25, 0.3) is 0 Å². The molecule has 0 radical (unpaired) electrons. The number of piperidine rings is 1. The summed E-state index contributed by atoms with van der Waals surface area (Å²) in [6.07, 6.45) is 4.86. The molecule has 144 valence electrons. The molecule has 1 N–H and O–H groups in total. The lowest BCUT2D eigenvalue weighted by Gasteiger charge is -2.33. The molecule has 5 heteroatoms. The third-order valence-corrected chi connectivity index (χ3v) is 5.49.